The first-order chi connectivity index (χ1) is 13.6. The first kappa shape index (κ1) is 18.3. The van der Waals surface area contributed by atoms with E-state index >= 15 is 0 Å². The third kappa shape index (κ3) is 3.51. The molecule has 5 heteroatoms. The highest BCUT2D eigenvalue weighted by molar-refractivity contribution is 6.31. The summed E-state index contributed by atoms with van der Waals surface area (Å²) < 4.78 is 0. The standard InChI is InChI=1S/C23H19ClN2O2/c24-20-9-5-4-8-19(20)21-22(27)25-14-15-26(21)23(28)18-12-10-17(11-13-18)16-6-2-1-3-7-16/h1-13,21H,14-15H2,(H,25,27). The van der Waals surface area contributed by atoms with E-state index in [2.05, 4.69) is 5.32 Å². The van der Waals surface area contributed by atoms with Gasteiger partial charge in [-0.3, -0.25) is 9.59 Å². The Morgan fingerprint density at radius 3 is 2.25 bits per heavy atom. The maximum absolute atomic E-state index is 13.2. The van der Waals surface area contributed by atoms with Gasteiger partial charge in [0.1, 0.15) is 6.04 Å². The number of carbonyl (C=O) groups is 2. The van der Waals surface area contributed by atoms with Crippen molar-refractivity contribution in [3.8, 4) is 11.1 Å². The fourth-order valence-electron chi connectivity index (χ4n) is 3.49. The Labute approximate surface area is 168 Å². The summed E-state index contributed by atoms with van der Waals surface area (Å²) in [6, 6.07) is 23.9. The monoisotopic (exact) mass is 390 g/mol. The second-order valence-electron chi connectivity index (χ2n) is 6.66. The van der Waals surface area contributed by atoms with E-state index in [4.69, 9.17) is 11.6 Å². The van der Waals surface area contributed by atoms with Crippen molar-refractivity contribution >= 4 is 23.4 Å². The van der Waals surface area contributed by atoms with E-state index in [9.17, 15) is 9.59 Å². The smallest absolute Gasteiger partial charge is 0.254 e. The molecule has 1 heterocycles. The molecule has 0 bridgehead atoms. The molecule has 28 heavy (non-hydrogen) atoms. The molecule has 2 amide bonds. The molecule has 1 atom stereocenters. The second-order valence-corrected chi connectivity index (χ2v) is 7.06. The zero-order valence-corrected chi connectivity index (χ0v) is 15.9. The van der Waals surface area contributed by atoms with Crippen LogP contribution in [0.3, 0.4) is 0 Å². The van der Waals surface area contributed by atoms with Crippen LogP contribution in [0.2, 0.25) is 5.02 Å². The molecule has 4 rings (SSSR count). The molecule has 0 aliphatic carbocycles. The average molecular weight is 391 g/mol. The van der Waals surface area contributed by atoms with Gasteiger partial charge >= 0.3 is 0 Å². The second kappa shape index (κ2) is 7.87. The number of hydrogen-bond donors (Lipinski definition) is 1. The molecule has 1 saturated heterocycles. The minimum absolute atomic E-state index is 0.181. The lowest BCUT2D eigenvalue weighted by Crippen LogP contribution is -2.52. The average Bonchev–Trinajstić information content (AvgIpc) is 2.74. The SMILES string of the molecule is O=C1NCCN(C(=O)c2ccc(-c3ccccc3)cc2)C1c1ccccc1Cl. The normalized spacial score (nSPS) is 16.5. The molecule has 1 unspecified atom stereocenters. The van der Waals surface area contributed by atoms with Gasteiger partial charge in [-0.05, 0) is 29.3 Å². The first-order valence-electron chi connectivity index (χ1n) is 9.14. The van der Waals surface area contributed by atoms with Crippen molar-refractivity contribution in [3.05, 3.63) is 95.0 Å². The lowest BCUT2D eigenvalue weighted by atomic mass is 10.00. The van der Waals surface area contributed by atoms with Crippen LogP contribution in [0.5, 0.6) is 0 Å². The number of rotatable bonds is 3. The topological polar surface area (TPSA) is 49.4 Å². The molecule has 1 fully saturated rings. The minimum atomic E-state index is -0.733. The summed E-state index contributed by atoms with van der Waals surface area (Å²) in [6.45, 7) is 0.856. The van der Waals surface area contributed by atoms with Crippen molar-refractivity contribution in [2.45, 2.75) is 6.04 Å². The zero-order chi connectivity index (χ0) is 19.5. The van der Waals surface area contributed by atoms with Crippen LogP contribution in [-0.2, 0) is 4.79 Å². The van der Waals surface area contributed by atoms with Crippen molar-refractivity contribution in [1.29, 1.82) is 0 Å². The summed E-state index contributed by atoms with van der Waals surface area (Å²) in [5, 5.41) is 3.31. The van der Waals surface area contributed by atoms with Crippen molar-refractivity contribution in [1.82, 2.24) is 10.2 Å². The summed E-state index contributed by atoms with van der Waals surface area (Å²) in [5.74, 6) is -0.395. The third-order valence-electron chi connectivity index (χ3n) is 4.91. The van der Waals surface area contributed by atoms with Crippen molar-refractivity contribution in [2.75, 3.05) is 13.1 Å². The summed E-state index contributed by atoms with van der Waals surface area (Å²) in [7, 11) is 0. The largest absolute Gasteiger partial charge is 0.352 e. The number of amides is 2. The van der Waals surface area contributed by atoms with E-state index < -0.39 is 6.04 Å². The van der Waals surface area contributed by atoms with Gasteiger partial charge in [-0.2, -0.15) is 0 Å². The van der Waals surface area contributed by atoms with Crippen LogP contribution in [0.1, 0.15) is 22.0 Å². The van der Waals surface area contributed by atoms with Crippen molar-refractivity contribution < 1.29 is 9.59 Å². The van der Waals surface area contributed by atoms with Crippen LogP contribution in [0.4, 0.5) is 0 Å². The Morgan fingerprint density at radius 2 is 1.54 bits per heavy atom. The number of benzene rings is 3. The summed E-state index contributed by atoms with van der Waals surface area (Å²) in [4.78, 5) is 27.4. The molecule has 4 nitrogen and oxygen atoms in total. The lowest BCUT2D eigenvalue weighted by molar-refractivity contribution is -0.128. The predicted molar refractivity (Wildman–Crippen MR) is 110 cm³/mol. The van der Waals surface area contributed by atoms with Gasteiger partial charge in [0.05, 0.1) is 0 Å². The molecule has 140 valence electrons. The Bertz CT molecular complexity index is 1000. The maximum atomic E-state index is 13.2. The molecule has 0 spiro atoms. The maximum Gasteiger partial charge on any atom is 0.254 e. The molecule has 1 N–H and O–H groups in total. The van der Waals surface area contributed by atoms with E-state index in [1.165, 1.54) is 0 Å². The molecule has 1 aliphatic rings. The van der Waals surface area contributed by atoms with E-state index in [-0.39, 0.29) is 11.8 Å². The number of hydrogen-bond acceptors (Lipinski definition) is 2. The van der Waals surface area contributed by atoms with E-state index in [1.807, 2.05) is 48.5 Å². The highest BCUT2D eigenvalue weighted by atomic mass is 35.5. The molecule has 1 aliphatic heterocycles. The number of nitrogens with one attached hydrogen (secondary N) is 1. The van der Waals surface area contributed by atoms with E-state index in [0.717, 1.165) is 11.1 Å². The van der Waals surface area contributed by atoms with Gasteiger partial charge < -0.3 is 10.2 Å². The van der Waals surface area contributed by atoms with Crippen molar-refractivity contribution in [2.24, 2.45) is 0 Å². The van der Waals surface area contributed by atoms with Gasteiger partial charge in [0.25, 0.3) is 5.91 Å². The van der Waals surface area contributed by atoms with Crippen LogP contribution in [-0.4, -0.2) is 29.8 Å². The van der Waals surface area contributed by atoms with Crippen LogP contribution < -0.4 is 5.32 Å². The van der Waals surface area contributed by atoms with Gasteiger partial charge in [0.2, 0.25) is 5.91 Å². The lowest BCUT2D eigenvalue weighted by Gasteiger charge is -2.35. The summed E-state index contributed by atoms with van der Waals surface area (Å²) in [5.41, 5.74) is 3.31. The number of halogens is 1. The van der Waals surface area contributed by atoms with Crippen LogP contribution >= 0.6 is 11.6 Å². The van der Waals surface area contributed by atoms with Crippen molar-refractivity contribution in [3.63, 3.8) is 0 Å². The Kier molecular flexibility index (Phi) is 5.13. The Morgan fingerprint density at radius 1 is 0.893 bits per heavy atom. The molecule has 0 aromatic heterocycles. The Balaban J connectivity index is 1.64. The van der Waals surface area contributed by atoms with Gasteiger partial charge in [-0.25, -0.2) is 0 Å². The molecular weight excluding hydrogens is 372 g/mol. The van der Waals surface area contributed by atoms with Gasteiger partial charge in [0, 0.05) is 29.2 Å². The van der Waals surface area contributed by atoms with Gasteiger partial charge in [-0.15, -0.1) is 0 Å². The number of piperazine rings is 1. The predicted octanol–water partition coefficient (Wildman–Crippen LogP) is 4.32. The van der Waals surface area contributed by atoms with Crippen LogP contribution in [0, 0.1) is 0 Å². The minimum Gasteiger partial charge on any atom is -0.352 e. The van der Waals surface area contributed by atoms with Gasteiger partial charge in [-0.1, -0.05) is 72.3 Å². The highest BCUT2D eigenvalue weighted by Crippen LogP contribution is 2.30. The molecular formula is C23H19ClN2O2. The fraction of sp³-hybridized carbons (Fsp3) is 0.130. The number of carbonyl (C=O) groups excluding carboxylic acids is 2. The Hall–Kier alpha value is -3.11. The van der Waals surface area contributed by atoms with Crippen LogP contribution in [0.15, 0.2) is 78.9 Å². The molecule has 3 aromatic rings. The first-order valence-corrected chi connectivity index (χ1v) is 9.51. The highest BCUT2D eigenvalue weighted by Gasteiger charge is 2.35. The zero-order valence-electron chi connectivity index (χ0n) is 15.1. The van der Waals surface area contributed by atoms with Crippen LogP contribution in [0.25, 0.3) is 11.1 Å². The van der Waals surface area contributed by atoms with E-state index in [0.29, 0.717) is 29.2 Å². The quantitative estimate of drug-likeness (QED) is 0.724. The van der Waals surface area contributed by atoms with Gasteiger partial charge in [0.15, 0.2) is 0 Å². The van der Waals surface area contributed by atoms with E-state index in [1.54, 1.807) is 35.2 Å². The molecule has 0 radical (unpaired) electrons. The summed E-state index contributed by atoms with van der Waals surface area (Å²) in [6.07, 6.45) is 0. The molecule has 3 aromatic carbocycles. The fourth-order valence-corrected chi connectivity index (χ4v) is 3.73. The molecule has 0 saturated carbocycles. The summed E-state index contributed by atoms with van der Waals surface area (Å²) >= 11 is 6.31. The number of nitrogens with zero attached hydrogens (tertiary/aromatic N) is 1. The third-order valence-corrected chi connectivity index (χ3v) is 5.26.